The van der Waals surface area contributed by atoms with Gasteiger partial charge in [0.25, 0.3) is 0 Å². The van der Waals surface area contributed by atoms with Crippen LogP contribution in [0.2, 0.25) is 0 Å². The Labute approximate surface area is 91.7 Å². The maximum Gasteiger partial charge on any atom is 0.140 e. The highest BCUT2D eigenvalue weighted by Gasteiger charge is 2.11. The van der Waals surface area contributed by atoms with E-state index in [0.717, 1.165) is 11.8 Å². The third-order valence-electron chi connectivity index (χ3n) is 1.78. The van der Waals surface area contributed by atoms with Gasteiger partial charge in [-0.1, -0.05) is 0 Å². The summed E-state index contributed by atoms with van der Waals surface area (Å²) < 4.78 is 26.8. The van der Waals surface area contributed by atoms with Gasteiger partial charge in [0.2, 0.25) is 0 Å². The molecule has 0 heterocycles. The van der Waals surface area contributed by atoms with Gasteiger partial charge >= 0.3 is 0 Å². The molecule has 0 bridgehead atoms. The van der Waals surface area contributed by atoms with Crippen LogP contribution in [0.1, 0.15) is 5.56 Å². The molecule has 1 aromatic rings. The van der Waals surface area contributed by atoms with Crippen LogP contribution < -0.4 is 5.32 Å². The molecule has 0 radical (unpaired) electrons. The van der Waals surface area contributed by atoms with Gasteiger partial charge in [-0.05, 0) is 24.7 Å². The molecular weight excluding hydrogens is 220 g/mol. The van der Waals surface area contributed by atoms with E-state index in [2.05, 4.69) is 5.32 Å². The summed E-state index contributed by atoms with van der Waals surface area (Å²) in [5.74, 6) is -0.850. The lowest BCUT2D eigenvalue weighted by Crippen LogP contribution is -2.06. The van der Waals surface area contributed by atoms with E-state index in [4.69, 9.17) is 5.11 Å². The zero-order valence-corrected chi connectivity index (χ0v) is 9.20. The topological polar surface area (TPSA) is 32.3 Å². The average molecular weight is 233 g/mol. The van der Waals surface area contributed by atoms with Gasteiger partial charge in [-0.25, -0.2) is 8.78 Å². The molecular formula is C10H13F2NOS. The number of hydrogen-bond donors (Lipinski definition) is 2. The van der Waals surface area contributed by atoms with Crippen molar-refractivity contribution < 1.29 is 13.9 Å². The second-order valence-corrected chi connectivity index (χ2v) is 4.10. The van der Waals surface area contributed by atoms with Crippen LogP contribution in [0.4, 0.5) is 8.78 Å². The van der Waals surface area contributed by atoms with Gasteiger partial charge in [-0.2, -0.15) is 0 Å². The third kappa shape index (κ3) is 3.44. The van der Waals surface area contributed by atoms with Crippen LogP contribution in [0, 0.1) is 11.6 Å². The Morgan fingerprint density at radius 1 is 1.33 bits per heavy atom. The second-order valence-electron chi connectivity index (χ2n) is 2.99. The van der Waals surface area contributed by atoms with Crippen LogP contribution in [-0.4, -0.2) is 24.5 Å². The number of aliphatic hydroxyl groups is 1. The molecule has 0 saturated heterocycles. The lowest BCUT2D eigenvalue weighted by molar-refractivity contribution is 0.322. The summed E-state index contributed by atoms with van der Waals surface area (Å²) >= 11 is 0.980. The van der Waals surface area contributed by atoms with Gasteiger partial charge in [-0.15, -0.1) is 11.8 Å². The number of benzene rings is 1. The van der Waals surface area contributed by atoms with Crippen LogP contribution in [0.25, 0.3) is 0 Å². The molecule has 2 N–H and O–H groups in total. The SMILES string of the molecule is CNCc1cc(F)c(SCCO)c(F)c1. The van der Waals surface area contributed by atoms with Crippen molar-refractivity contribution in [2.24, 2.45) is 0 Å². The average Bonchev–Trinajstić information content (AvgIpc) is 2.17. The highest BCUT2D eigenvalue weighted by Crippen LogP contribution is 2.26. The Bertz CT molecular complexity index is 310. The molecule has 0 spiro atoms. The van der Waals surface area contributed by atoms with E-state index in [9.17, 15) is 8.78 Å². The summed E-state index contributed by atoms with van der Waals surface area (Å²) in [7, 11) is 1.71. The molecule has 0 aliphatic rings. The van der Waals surface area contributed by atoms with E-state index in [-0.39, 0.29) is 11.5 Å². The molecule has 0 aromatic heterocycles. The second kappa shape index (κ2) is 6.05. The van der Waals surface area contributed by atoms with Crippen LogP contribution in [0.5, 0.6) is 0 Å². The molecule has 1 rings (SSSR count). The molecule has 2 nitrogen and oxygen atoms in total. The minimum atomic E-state index is -0.571. The van der Waals surface area contributed by atoms with E-state index < -0.39 is 11.6 Å². The molecule has 15 heavy (non-hydrogen) atoms. The summed E-state index contributed by atoms with van der Waals surface area (Å²) in [4.78, 5) is -0.0242. The van der Waals surface area contributed by atoms with Gasteiger partial charge in [0.15, 0.2) is 0 Å². The fourth-order valence-electron chi connectivity index (χ4n) is 1.20. The zero-order chi connectivity index (χ0) is 11.3. The minimum Gasteiger partial charge on any atom is -0.396 e. The summed E-state index contributed by atoms with van der Waals surface area (Å²) in [6.45, 7) is 0.334. The number of aliphatic hydroxyl groups excluding tert-OH is 1. The van der Waals surface area contributed by atoms with Gasteiger partial charge < -0.3 is 10.4 Å². The van der Waals surface area contributed by atoms with Crippen molar-refractivity contribution >= 4 is 11.8 Å². The van der Waals surface area contributed by atoms with Gasteiger partial charge in [0.05, 0.1) is 11.5 Å². The highest BCUT2D eigenvalue weighted by molar-refractivity contribution is 7.99. The maximum absolute atomic E-state index is 13.4. The number of thioether (sulfide) groups is 1. The normalized spacial score (nSPS) is 10.7. The Morgan fingerprint density at radius 3 is 2.40 bits per heavy atom. The first-order chi connectivity index (χ1) is 7.19. The van der Waals surface area contributed by atoms with Crippen LogP contribution >= 0.6 is 11.8 Å². The van der Waals surface area contributed by atoms with Crippen molar-refractivity contribution in [3.05, 3.63) is 29.3 Å². The molecule has 84 valence electrons. The molecule has 0 amide bonds. The van der Waals surface area contributed by atoms with E-state index in [1.165, 1.54) is 12.1 Å². The van der Waals surface area contributed by atoms with Crippen molar-refractivity contribution in [2.75, 3.05) is 19.4 Å². The molecule has 0 fully saturated rings. The first-order valence-corrected chi connectivity index (χ1v) is 5.53. The maximum atomic E-state index is 13.4. The monoisotopic (exact) mass is 233 g/mol. The minimum absolute atomic E-state index is 0.0242. The summed E-state index contributed by atoms with van der Waals surface area (Å²) in [6, 6.07) is 2.61. The first kappa shape index (κ1) is 12.4. The Balaban J connectivity index is 2.88. The van der Waals surface area contributed by atoms with E-state index in [0.29, 0.717) is 17.9 Å². The third-order valence-corrected chi connectivity index (χ3v) is 2.84. The highest BCUT2D eigenvalue weighted by atomic mass is 32.2. The summed E-state index contributed by atoms with van der Waals surface area (Å²) in [5.41, 5.74) is 0.570. The fraction of sp³-hybridized carbons (Fsp3) is 0.400. The Kier molecular flexibility index (Phi) is 5.01. The largest absolute Gasteiger partial charge is 0.396 e. The van der Waals surface area contributed by atoms with Gasteiger partial charge in [0.1, 0.15) is 11.6 Å². The molecule has 0 saturated carbocycles. The number of halogens is 2. The van der Waals surface area contributed by atoms with Crippen LogP contribution in [-0.2, 0) is 6.54 Å². The van der Waals surface area contributed by atoms with E-state index in [1.54, 1.807) is 7.05 Å². The van der Waals surface area contributed by atoms with Crippen LogP contribution in [0.3, 0.4) is 0 Å². The summed E-state index contributed by atoms with van der Waals surface area (Å²) in [5, 5.41) is 11.4. The fourth-order valence-corrected chi connectivity index (χ4v) is 1.89. The van der Waals surface area contributed by atoms with Gasteiger partial charge in [0, 0.05) is 12.3 Å². The lowest BCUT2D eigenvalue weighted by atomic mass is 10.2. The standard InChI is InChI=1S/C10H13F2NOS/c1-13-6-7-4-8(11)10(9(12)5-7)15-3-2-14/h4-5,13-14H,2-3,6H2,1H3. The lowest BCUT2D eigenvalue weighted by Gasteiger charge is -2.06. The van der Waals surface area contributed by atoms with E-state index >= 15 is 0 Å². The predicted molar refractivity (Wildman–Crippen MR) is 56.9 cm³/mol. The molecule has 1 aromatic carbocycles. The van der Waals surface area contributed by atoms with Crippen molar-refractivity contribution in [3.8, 4) is 0 Å². The van der Waals surface area contributed by atoms with Crippen molar-refractivity contribution in [3.63, 3.8) is 0 Å². The van der Waals surface area contributed by atoms with Crippen molar-refractivity contribution in [1.29, 1.82) is 0 Å². The Hall–Kier alpha value is -0.650. The molecule has 0 aliphatic carbocycles. The van der Waals surface area contributed by atoms with Crippen LogP contribution in [0.15, 0.2) is 17.0 Å². The number of rotatable bonds is 5. The van der Waals surface area contributed by atoms with Gasteiger partial charge in [-0.3, -0.25) is 0 Å². The number of nitrogens with one attached hydrogen (secondary N) is 1. The smallest absolute Gasteiger partial charge is 0.140 e. The summed E-state index contributed by atoms with van der Waals surface area (Å²) in [6.07, 6.45) is 0. The molecule has 0 aliphatic heterocycles. The quantitative estimate of drug-likeness (QED) is 0.760. The molecule has 0 unspecified atom stereocenters. The van der Waals surface area contributed by atoms with Crippen molar-refractivity contribution in [1.82, 2.24) is 5.32 Å². The predicted octanol–water partition coefficient (Wildman–Crippen LogP) is 1.77. The number of hydrogen-bond acceptors (Lipinski definition) is 3. The van der Waals surface area contributed by atoms with E-state index in [1.807, 2.05) is 0 Å². The molecule has 0 atom stereocenters. The van der Waals surface area contributed by atoms with Crippen molar-refractivity contribution in [2.45, 2.75) is 11.4 Å². The first-order valence-electron chi connectivity index (χ1n) is 4.55. The molecule has 5 heteroatoms. The zero-order valence-electron chi connectivity index (χ0n) is 8.39. The Morgan fingerprint density at radius 2 is 1.93 bits per heavy atom.